The van der Waals surface area contributed by atoms with Gasteiger partial charge in [-0.1, -0.05) is 33.6 Å². The molecule has 0 radical (unpaired) electrons. The molecule has 2 aromatic carbocycles. The number of methoxy groups -OCH3 is 1. The zero-order chi connectivity index (χ0) is 15.6. The average molecular weight is 434 g/mol. The molecule has 0 fully saturated rings. The van der Waals surface area contributed by atoms with Gasteiger partial charge in [-0.15, -0.1) is 0 Å². The molecule has 1 amide bonds. The summed E-state index contributed by atoms with van der Waals surface area (Å²) in [5, 5.41) is 3.42. The molecule has 0 aliphatic carbocycles. The molecule has 0 aromatic heterocycles. The van der Waals surface area contributed by atoms with E-state index >= 15 is 0 Å². The highest BCUT2D eigenvalue weighted by Crippen LogP contribution is 2.33. The normalized spacial score (nSPS) is 10.3. The number of aryl methyl sites for hydroxylation is 1. The maximum Gasteiger partial charge on any atom is 0.259 e. The van der Waals surface area contributed by atoms with Crippen molar-refractivity contribution in [2.24, 2.45) is 0 Å². The summed E-state index contributed by atoms with van der Waals surface area (Å²) in [5.74, 6) is 0.211. The van der Waals surface area contributed by atoms with E-state index in [0.29, 0.717) is 26.5 Å². The Labute approximate surface area is 144 Å². The number of carbonyl (C=O) groups excluding carboxylic acids is 1. The van der Waals surface area contributed by atoms with Crippen molar-refractivity contribution in [1.82, 2.24) is 0 Å². The molecule has 0 saturated carbocycles. The molecular formula is C15H12Br2ClNO2. The number of ether oxygens (including phenoxy) is 1. The smallest absolute Gasteiger partial charge is 0.259 e. The molecule has 0 spiro atoms. The van der Waals surface area contributed by atoms with Gasteiger partial charge in [-0.05, 0) is 52.7 Å². The summed E-state index contributed by atoms with van der Waals surface area (Å²) in [5.41, 5.74) is 2.02. The highest BCUT2D eigenvalue weighted by Gasteiger charge is 2.16. The van der Waals surface area contributed by atoms with Gasteiger partial charge in [0.1, 0.15) is 5.75 Å². The fourth-order valence-corrected chi connectivity index (χ4v) is 3.37. The van der Waals surface area contributed by atoms with E-state index in [1.54, 1.807) is 18.2 Å². The molecule has 0 heterocycles. The lowest BCUT2D eigenvalue weighted by Crippen LogP contribution is -2.13. The SMILES string of the molecule is COc1c(Br)cc(Br)cc1C(=O)Nc1ccc(C)c(Cl)c1. The molecule has 0 aliphatic rings. The van der Waals surface area contributed by atoms with Crippen LogP contribution in [0.2, 0.25) is 5.02 Å². The van der Waals surface area contributed by atoms with Crippen LogP contribution < -0.4 is 10.1 Å². The molecule has 0 aliphatic heterocycles. The van der Waals surface area contributed by atoms with E-state index < -0.39 is 0 Å². The zero-order valence-electron chi connectivity index (χ0n) is 11.3. The van der Waals surface area contributed by atoms with Crippen LogP contribution in [0.4, 0.5) is 5.69 Å². The Hall–Kier alpha value is -1.04. The monoisotopic (exact) mass is 431 g/mol. The second-order valence-corrected chi connectivity index (χ2v) is 6.56. The van der Waals surface area contributed by atoms with E-state index in [4.69, 9.17) is 16.3 Å². The number of nitrogens with one attached hydrogen (secondary N) is 1. The van der Waals surface area contributed by atoms with Crippen molar-refractivity contribution < 1.29 is 9.53 Å². The fourth-order valence-electron chi connectivity index (χ4n) is 1.81. The quantitative estimate of drug-likeness (QED) is 0.701. The highest BCUT2D eigenvalue weighted by atomic mass is 79.9. The topological polar surface area (TPSA) is 38.3 Å². The molecule has 110 valence electrons. The van der Waals surface area contributed by atoms with Crippen molar-refractivity contribution in [3.05, 3.63) is 55.4 Å². The van der Waals surface area contributed by atoms with Gasteiger partial charge in [-0.2, -0.15) is 0 Å². The van der Waals surface area contributed by atoms with Crippen LogP contribution in [0.25, 0.3) is 0 Å². The molecule has 0 atom stereocenters. The number of hydrogen-bond acceptors (Lipinski definition) is 2. The van der Waals surface area contributed by atoms with Gasteiger partial charge in [0.25, 0.3) is 5.91 Å². The third kappa shape index (κ3) is 3.78. The summed E-state index contributed by atoms with van der Waals surface area (Å²) < 4.78 is 6.76. The summed E-state index contributed by atoms with van der Waals surface area (Å²) in [6, 6.07) is 8.89. The zero-order valence-corrected chi connectivity index (χ0v) is 15.3. The summed E-state index contributed by atoms with van der Waals surface area (Å²) in [7, 11) is 1.52. The molecule has 0 saturated heterocycles. The summed E-state index contributed by atoms with van der Waals surface area (Å²) >= 11 is 12.8. The number of hydrogen-bond donors (Lipinski definition) is 1. The lowest BCUT2D eigenvalue weighted by Gasteiger charge is -2.12. The molecule has 2 rings (SSSR count). The number of anilines is 1. The Morgan fingerprint density at radius 2 is 1.95 bits per heavy atom. The average Bonchev–Trinajstić information content (AvgIpc) is 2.42. The Kier molecular flexibility index (Phi) is 5.30. The fraction of sp³-hybridized carbons (Fsp3) is 0.133. The predicted octanol–water partition coefficient (Wildman–Crippen LogP) is 5.43. The highest BCUT2D eigenvalue weighted by molar-refractivity contribution is 9.11. The minimum Gasteiger partial charge on any atom is -0.495 e. The van der Waals surface area contributed by atoms with Crippen LogP contribution in [0.3, 0.4) is 0 Å². The van der Waals surface area contributed by atoms with Gasteiger partial charge < -0.3 is 10.1 Å². The number of halogens is 3. The first kappa shape index (κ1) is 16.3. The minimum absolute atomic E-state index is 0.270. The maximum absolute atomic E-state index is 12.4. The number of rotatable bonds is 3. The van der Waals surface area contributed by atoms with Crippen LogP contribution >= 0.6 is 43.5 Å². The van der Waals surface area contributed by atoms with E-state index in [-0.39, 0.29) is 5.91 Å². The van der Waals surface area contributed by atoms with Gasteiger partial charge in [0.2, 0.25) is 0 Å². The van der Waals surface area contributed by atoms with Crippen molar-refractivity contribution in [3.8, 4) is 5.75 Å². The second-order valence-electron chi connectivity index (χ2n) is 4.39. The van der Waals surface area contributed by atoms with Crippen LogP contribution in [0.15, 0.2) is 39.3 Å². The first-order chi connectivity index (χ1) is 9.92. The van der Waals surface area contributed by atoms with Crippen molar-refractivity contribution >= 4 is 55.1 Å². The third-order valence-electron chi connectivity index (χ3n) is 2.89. The maximum atomic E-state index is 12.4. The summed E-state index contributed by atoms with van der Waals surface area (Å²) in [6.45, 7) is 1.91. The van der Waals surface area contributed by atoms with Gasteiger partial charge in [0.05, 0.1) is 17.1 Å². The van der Waals surface area contributed by atoms with Gasteiger partial charge in [-0.25, -0.2) is 0 Å². The Morgan fingerprint density at radius 1 is 1.24 bits per heavy atom. The van der Waals surface area contributed by atoms with Crippen molar-refractivity contribution in [1.29, 1.82) is 0 Å². The minimum atomic E-state index is -0.270. The van der Waals surface area contributed by atoms with Crippen molar-refractivity contribution in [3.63, 3.8) is 0 Å². The largest absolute Gasteiger partial charge is 0.495 e. The van der Waals surface area contributed by atoms with E-state index in [2.05, 4.69) is 37.2 Å². The van der Waals surface area contributed by atoms with Crippen LogP contribution in [-0.2, 0) is 0 Å². The standard InChI is InChI=1S/C15H12Br2ClNO2/c1-8-3-4-10(7-13(8)18)19-15(20)11-5-9(16)6-12(17)14(11)21-2/h3-7H,1-2H3,(H,19,20). The van der Waals surface area contributed by atoms with Gasteiger partial charge >= 0.3 is 0 Å². The van der Waals surface area contributed by atoms with Gasteiger partial charge in [-0.3, -0.25) is 4.79 Å². The second kappa shape index (κ2) is 6.81. The van der Waals surface area contributed by atoms with E-state index in [1.807, 2.05) is 19.1 Å². The molecule has 21 heavy (non-hydrogen) atoms. The van der Waals surface area contributed by atoms with E-state index in [9.17, 15) is 4.79 Å². The molecule has 3 nitrogen and oxygen atoms in total. The van der Waals surface area contributed by atoms with Crippen molar-refractivity contribution in [2.45, 2.75) is 6.92 Å². The van der Waals surface area contributed by atoms with Crippen LogP contribution in [0, 0.1) is 6.92 Å². The molecule has 1 N–H and O–H groups in total. The number of benzene rings is 2. The lowest BCUT2D eigenvalue weighted by molar-refractivity contribution is 0.102. The Morgan fingerprint density at radius 3 is 2.57 bits per heavy atom. The molecule has 2 aromatic rings. The van der Waals surface area contributed by atoms with Crippen LogP contribution in [0.1, 0.15) is 15.9 Å². The molecule has 0 bridgehead atoms. The molecule has 6 heteroatoms. The van der Waals surface area contributed by atoms with Crippen molar-refractivity contribution in [2.75, 3.05) is 12.4 Å². The van der Waals surface area contributed by atoms with E-state index in [0.717, 1.165) is 10.0 Å². The molecular weight excluding hydrogens is 421 g/mol. The first-order valence-corrected chi connectivity index (χ1v) is 7.99. The van der Waals surface area contributed by atoms with E-state index in [1.165, 1.54) is 7.11 Å². The van der Waals surface area contributed by atoms with Crippen LogP contribution in [0.5, 0.6) is 5.75 Å². The predicted molar refractivity (Wildman–Crippen MR) is 92.5 cm³/mol. The number of carbonyl (C=O) groups is 1. The first-order valence-electron chi connectivity index (χ1n) is 6.03. The van der Waals surface area contributed by atoms with Gasteiger partial charge in [0, 0.05) is 15.2 Å². The Balaban J connectivity index is 2.34. The lowest BCUT2D eigenvalue weighted by atomic mass is 10.1. The summed E-state index contributed by atoms with van der Waals surface area (Å²) in [6.07, 6.45) is 0. The molecule has 0 unspecified atom stereocenters. The Bertz CT molecular complexity index is 704. The third-order valence-corrected chi connectivity index (χ3v) is 4.34. The van der Waals surface area contributed by atoms with Crippen LogP contribution in [-0.4, -0.2) is 13.0 Å². The van der Waals surface area contributed by atoms with Gasteiger partial charge in [0.15, 0.2) is 0 Å². The number of amides is 1. The summed E-state index contributed by atoms with van der Waals surface area (Å²) in [4.78, 5) is 12.4.